The molecule has 0 aliphatic carbocycles. The molecular weight excluding hydrogens is 867 g/mol. The van der Waals surface area contributed by atoms with Crippen LogP contribution in [0.2, 0.25) is 0 Å². The SMILES string of the molecule is COc1cc([C@@H](CC(C)=O)c2ccc(C)c(CN(C)S(=O)(=O)c3ccc(CCCCCCNC(=O)COc4cccc5c4C(=O)N(C4CCC(=O)NC4=O)C5=O)cc3)c2)cc2nnn(C)c12. The Morgan fingerprint density at radius 3 is 2.42 bits per heavy atom. The van der Waals surface area contributed by atoms with Crippen LogP contribution in [-0.2, 0) is 49.2 Å². The number of unbranched alkanes of at least 4 members (excludes halogenated alkanes) is 3. The normalized spacial score (nSPS) is 15.5. The quantitative estimate of drug-likeness (QED) is 0.0787. The van der Waals surface area contributed by atoms with Crippen molar-refractivity contribution < 1.29 is 46.7 Å². The van der Waals surface area contributed by atoms with Crippen molar-refractivity contribution in [2.75, 3.05) is 27.3 Å². The molecule has 17 nitrogen and oxygen atoms in total. The van der Waals surface area contributed by atoms with E-state index in [0.717, 1.165) is 70.3 Å². The molecule has 18 heteroatoms. The minimum atomic E-state index is -3.84. The molecule has 2 atom stereocenters. The van der Waals surface area contributed by atoms with Gasteiger partial charge in [-0.1, -0.05) is 54.5 Å². The van der Waals surface area contributed by atoms with Crippen LogP contribution in [0.1, 0.15) is 106 Å². The molecule has 66 heavy (non-hydrogen) atoms. The number of methoxy groups -OCH3 is 1. The van der Waals surface area contributed by atoms with Crippen molar-refractivity contribution in [1.82, 2.24) is 34.8 Å². The maximum Gasteiger partial charge on any atom is 0.266 e. The second kappa shape index (κ2) is 20.2. The van der Waals surface area contributed by atoms with Crippen LogP contribution >= 0.6 is 0 Å². The average molecular weight is 920 g/mol. The molecular formula is C48H53N7O10S. The number of ether oxygens (including phenoxy) is 2. The summed E-state index contributed by atoms with van der Waals surface area (Å²) >= 11 is 0. The standard InChI is InChI=1S/C48H53N7O10S/c1-29-14-17-32(37(23-30(2)56)33-25-38-45(41(26-33)64-5)54(4)52-51-38)24-34(29)27-53(3)66(62,63)35-18-15-31(16-19-35)11-8-6-7-9-22-49-43(58)28-65-40-13-10-12-36-44(40)48(61)55(47(36)60)39-20-21-42(57)50-46(39)59/h10,12-19,24-26,37,39H,6-9,11,20-23,27-28H2,1-5H3,(H,49,58)(H,50,57,59)/t37-,39?/m0/s1. The van der Waals surface area contributed by atoms with Gasteiger partial charge in [0.25, 0.3) is 17.7 Å². The molecule has 4 aromatic carbocycles. The molecule has 2 aliphatic rings. The summed E-state index contributed by atoms with van der Waals surface area (Å²) in [6.07, 6.45) is 4.34. The van der Waals surface area contributed by atoms with Crippen LogP contribution in [0.3, 0.4) is 0 Å². The Bertz CT molecular complexity index is 2820. The highest BCUT2D eigenvalue weighted by Crippen LogP contribution is 2.37. The molecule has 1 unspecified atom stereocenters. The maximum absolute atomic E-state index is 13.8. The third kappa shape index (κ3) is 10.2. The highest BCUT2D eigenvalue weighted by atomic mass is 32.2. The van der Waals surface area contributed by atoms with Crippen molar-refractivity contribution in [3.8, 4) is 11.5 Å². The number of rotatable bonds is 20. The van der Waals surface area contributed by atoms with E-state index in [1.807, 2.05) is 49.4 Å². The number of ketones is 1. The van der Waals surface area contributed by atoms with E-state index in [4.69, 9.17) is 9.47 Å². The number of amides is 5. The van der Waals surface area contributed by atoms with Gasteiger partial charge in [-0.3, -0.25) is 39.0 Å². The van der Waals surface area contributed by atoms with E-state index < -0.39 is 45.6 Å². The number of hydrogen-bond acceptors (Lipinski definition) is 12. The van der Waals surface area contributed by atoms with Gasteiger partial charge in [-0.05, 0) is 104 Å². The predicted molar refractivity (Wildman–Crippen MR) is 242 cm³/mol. The first-order chi connectivity index (χ1) is 31.6. The maximum atomic E-state index is 13.8. The first-order valence-corrected chi connectivity index (χ1v) is 23.3. The first kappa shape index (κ1) is 47.2. The number of hydrogen-bond donors (Lipinski definition) is 2. The number of fused-ring (bicyclic) bond motifs is 2. The summed E-state index contributed by atoms with van der Waals surface area (Å²) in [6.45, 7) is 3.64. The average Bonchev–Trinajstić information content (AvgIpc) is 3.79. The van der Waals surface area contributed by atoms with Gasteiger partial charge in [0.05, 0.1) is 23.1 Å². The number of nitrogens with one attached hydrogen (secondary N) is 2. The van der Waals surface area contributed by atoms with Gasteiger partial charge in [0, 0.05) is 45.9 Å². The summed E-state index contributed by atoms with van der Waals surface area (Å²) in [5.74, 6) is -2.62. The molecule has 1 aromatic heterocycles. The third-order valence-electron chi connectivity index (χ3n) is 12.1. The molecule has 0 radical (unpaired) electrons. The van der Waals surface area contributed by atoms with Crippen molar-refractivity contribution in [2.45, 2.75) is 88.6 Å². The van der Waals surface area contributed by atoms with Crippen molar-refractivity contribution in [1.29, 1.82) is 0 Å². The van der Waals surface area contributed by atoms with E-state index in [2.05, 4.69) is 20.9 Å². The molecule has 3 heterocycles. The van der Waals surface area contributed by atoms with Crippen molar-refractivity contribution in [2.24, 2.45) is 7.05 Å². The molecule has 0 saturated carbocycles. The van der Waals surface area contributed by atoms with Gasteiger partial charge in [0.15, 0.2) is 6.61 Å². The van der Waals surface area contributed by atoms with Crippen molar-refractivity contribution >= 4 is 56.4 Å². The number of Topliss-reactive ketones (excluding diaryl/α,β-unsaturated/α-hetero) is 1. The number of nitrogens with zero attached hydrogens (tertiary/aromatic N) is 5. The second-order valence-corrected chi connectivity index (χ2v) is 18.8. The molecule has 2 N–H and O–H groups in total. The van der Waals surface area contributed by atoms with Crippen LogP contribution in [0.5, 0.6) is 11.5 Å². The van der Waals surface area contributed by atoms with E-state index in [-0.39, 0.29) is 65.9 Å². The van der Waals surface area contributed by atoms with Crippen LogP contribution in [0.15, 0.2) is 77.7 Å². The summed E-state index contributed by atoms with van der Waals surface area (Å²) in [7, 11) is 1.09. The topological polar surface area (TPSA) is 216 Å². The molecule has 5 amide bonds. The lowest BCUT2D eigenvalue weighted by Crippen LogP contribution is -2.54. The number of sulfonamides is 1. The smallest absolute Gasteiger partial charge is 0.266 e. The number of piperidine rings is 1. The van der Waals surface area contributed by atoms with E-state index in [1.54, 1.807) is 44.9 Å². The zero-order chi connectivity index (χ0) is 47.3. The summed E-state index contributed by atoms with van der Waals surface area (Å²) in [5.41, 5.74) is 5.89. The van der Waals surface area contributed by atoms with Crippen LogP contribution < -0.4 is 20.1 Å². The predicted octanol–water partition coefficient (Wildman–Crippen LogP) is 4.92. The van der Waals surface area contributed by atoms with Gasteiger partial charge in [-0.2, -0.15) is 4.31 Å². The monoisotopic (exact) mass is 919 g/mol. The van der Waals surface area contributed by atoms with Crippen LogP contribution in [-0.4, -0.2) is 101 Å². The van der Waals surface area contributed by atoms with E-state index in [0.29, 0.717) is 17.8 Å². The molecule has 0 spiro atoms. The molecule has 5 aromatic rings. The van der Waals surface area contributed by atoms with Crippen molar-refractivity contribution in [3.05, 3.63) is 112 Å². The second-order valence-electron chi connectivity index (χ2n) is 16.8. The molecule has 2 aliphatic heterocycles. The fraction of sp³-hybridized carbons (Fsp3) is 0.375. The summed E-state index contributed by atoms with van der Waals surface area (Å²) < 4.78 is 41.9. The molecule has 0 bridgehead atoms. The van der Waals surface area contributed by atoms with Gasteiger partial charge < -0.3 is 14.8 Å². The Morgan fingerprint density at radius 2 is 1.70 bits per heavy atom. The number of benzene rings is 4. The largest absolute Gasteiger partial charge is 0.494 e. The lowest BCUT2D eigenvalue weighted by Gasteiger charge is -2.27. The van der Waals surface area contributed by atoms with Crippen LogP contribution in [0.25, 0.3) is 11.0 Å². The number of carbonyl (C=O) groups excluding carboxylic acids is 6. The lowest BCUT2D eigenvalue weighted by molar-refractivity contribution is -0.136. The van der Waals surface area contributed by atoms with E-state index >= 15 is 0 Å². The zero-order valence-corrected chi connectivity index (χ0v) is 38.4. The summed E-state index contributed by atoms with van der Waals surface area (Å²) in [4.78, 5) is 76.5. The molecule has 7 rings (SSSR count). The van der Waals surface area contributed by atoms with Gasteiger partial charge in [0.1, 0.15) is 34.4 Å². The van der Waals surface area contributed by atoms with E-state index in [9.17, 15) is 37.2 Å². The van der Waals surface area contributed by atoms with E-state index in [1.165, 1.54) is 22.5 Å². The Labute approximate surface area is 382 Å². The van der Waals surface area contributed by atoms with Crippen LogP contribution in [0, 0.1) is 6.92 Å². The molecule has 1 saturated heterocycles. The lowest BCUT2D eigenvalue weighted by atomic mass is 9.85. The van der Waals surface area contributed by atoms with Gasteiger partial charge in [-0.15, -0.1) is 5.10 Å². The van der Waals surface area contributed by atoms with Gasteiger partial charge in [0.2, 0.25) is 21.8 Å². The number of imide groups is 2. The Kier molecular flexibility index (Phi) is 14.4. The number of aromatic nitrogens is 3. The summed E-state index contributed by atoms with van der Waals surface area (Å²) in [5, 5.41) is 13.4. The third-order valence-corrected chi connectivity index (χ3v) is 13.9. The summed E-state index contributed by atoms with van der Waals surface area (Å²) in [6, 6.07) is 20.0. The fourth-order valence-corrected chi connectivity index (χ4v) is 9.64. The first-order valence-electron chi connectivity index (χ1n) is 21.8. The highest BCUT2D eigenvalue weighted by Gasteiger charge is 2.46. The van der Waals surface area contributed by atoms with Gasteiger partial charge in [-0.25, -0.2) is 13.1 Å². The highest BCUT2D eigenvalue weighted by molar-refractivity contribution is 7.89. The zero-order valence-electron chi connectivity index (χ0n) is 37.6. The minimum absolute atomic E-state index is 0.00371. The molecule has 346 valence electrons. The Balaban J connectivity index is 0.859. The number of carbonyl (C=O) groups is 6. The fourth-order valence-electron chi connectivity index (χ4n) is 8.49. The van der Waals surface area contributed by atoms with Crippen molar-refractivity contribution in [3.63, 3.8) is 0 Å². The minimum Gasteiger partial charge on any atom is -0.494 e. The Hall–Kier alpha value is -6.79. The number of aryl methyl sites for hydroxylation is 3. The van der Waals surface area contributed by atoms with Gasteiger partial charge >= 0.3 is 0 Å². The molecule has 1 fully saturated rings. The van der Waals surface area contributed by atoms with Crippen LogP contribution in [0.4, 0.5) is 0 Å². The Morgan fingerprint density at radius 1 is 0.939 bits per heavy atom.